The zero-order valence-electron chi connectivity index (χ0n) is 11.8. The number of hydrogen-bond acceptors (Lipinski definition) is 3. The zero-order chi connectivity index (χ0) is 14.4. The van der Waals surface area contributed by atoms with Crippen LogP contribution in [-0.2, 0) is 9.53 Å². The van der Waals surface area contributed by atoms with Gasteiger partial charge in [0.05, 0.1) is 19.3 Å². The normalized spacial score (nSPS) is 17.7. The van der Waals surface area contributed by atoms with Crippen LogP contribution in [0, 0.1) is 5.82 Å². The number of halogens is 1. The summed E-state index contributed by atoms with van der Waals surface area (Å²) in [7, 11) is 0. The van der Waals surface area contributed by atoms with Crippen molar-refractivity contribution in [2.75, 3.05) is 32.8 Å². The molecule has 1 fully saturated rings. The molecule has 2 rings (SSSR count). The number of benzene rings is 1. The van der Waals surface area contributed by atoms with Crippen LogP contribution in [0.1, 0.15) is 24.9 Å². The lowest BCUT2D eigenvalue weighted by atomic mass is 10.0. The van der Waals surface area contributed by atoms with E-state index in [0.29, 0.717) is 26.2 Å². The van der Waals surface area contributed by atoms with E-state index >= 15 is 0 Å². The van der Waals surface area contributed by atoms with Gasteiger partial charge in [0.2, 0.25) is 5.91 Å². The summed E-state index contributed by atoms with van der Waals surface area (Å²) in [5, 5.41) is 2.93. The molecule has 1 N–H and O–H groups in total. The maximum absolute atomic E-state index is 13.1. The predicted octanol–water partition coefficient (Wildman–Crippen LogP) is 1.73. The monoisotopic (exact) mass is 280 g/mol. The Kier molecular flexibility index (Phi) is 5.49. The van der Waals surface area contributed by atoms with Crippen LogP contribution in [0.4, 0.5) is 4.39 Å². The first-order chi connectivity index (χ1) is 9.70. The van der Waals surface area contributed by atoms with Gasteiger partial charge in [-0.2, -0.15) is 0 Å². The average molecular weight is 280 g/mol. The third-order valence-corrected chi connectivity index (χ3v) is 3.55. The average Bonchev–Trinajstić information content (AvgIpc) is 2.50. The summed E-state index contributed by atoms with van der Waals surface area (Å²) in [6.07, 6.45) is 0.471. The number of nitrogens with zero attached hydrogens (tertiary/aromatic N) is 1. The molecular weight excluding hydrogens is 259 g/mol. The van der Waals surface area contributed by atoms with Crippen molar-refractivity contribution in [3.05, 3.63) is 35.6 Å². The smallest absolute Gasteiger partial charge is 0.219 e. The minimum absolute atomic E-state index is 0.0328. The third-order valence-electron chi connectivity index (χ3n) is 3.55. The van der Waals surface area contributed by atoms with E-state index in [2.05, 4.69) is 10.2 Å². The highest BCUT2D eigenvalue weighted by molar-refractivity contribution is 5.75. The molecule has 0 aliphatic carbocycles. The molecule has 110 valence electrons. The van der Waals surface area contributed by atoms with Crippen LogP contribution in [0.15, 0.2) is 24.3 Å². The molecule has 20 heavy (non-hydrogen) atoms. The Balaban J connectivity index is 2.09. The largest absolute Gasteiger partial charge is 0.379 e. The van der Waals surface area contributed by atoms with Gasteiger partial charge in [-0.1, -0.05) is 19.1 Å². The molecule has 5 heteroatoms. The molecule has 1 aliphatic heterocycles. The van der Waals surface area contributed by atoms with E-state index < -0.39 is 0 Å². The fraction of sp³-hybridized carbons (Fsp3) is 0.533. The van der Waals surface area contributed by atoms with Crippen molar-refractivity contribution in [2.45, 2.75) is 19.4 Å². The predicted molar refractivity (Wildman–Crippen MR) is 74.8 cm³/mol. The topological polar surface area (TPSA) is 41.6 Å². The summed E-state index contributed by atoms with van der Waals surface area (Å²) in [5.74, 6) is -0.211. The second kappa shape index (κ2) is 7.36. The van der Waals surface area contributed by atoms with E-state index in [4.69, 9.17) is 4.74 Å². The summed E-state index contributed by atoms with van der Waals surface area (Å²) in [6.45, 7) is 5.40. The van der Waals surface area contributed by atoms with Crippen LogP contribution in [-0.4, -0.2) is 43.7 Å². The molecule has 4 nitrogen and oxygen atoms in total. The van der Waals surface area contributed by atoms with Crippen LogP contribution in [0.3, 0.4) is 0 Å². The zero-order valence-corrected chi connectivity index (χ0v) is 11.8. The maximum atomic E-state index is 13.1. The molecular formula is C15H21FN2O2. The van der Waals surface area contributed by atoms with Gasteiger partial charge in [-0.25, -0.2) is 4.39 Å². The van der Waals surface area contributed by atoms with Crippen molar-refractivity contribution >= 4 is 5.91 Å². The lowest BCUT2D eigenvalue weighted by Crippen LogP contribution is -2.43. The molecule has 1 aromatic carbocycles. The lowest BCUT2D eigenvalue weighted by Gasteiger charge is -2.34. The lowest BCUT2D eigenvalue weighted by molar-refractivity contribution is -0.121. The quantitative estimate of drug-likeness (QED) is 0.893. The summed E-state index contributed by atoms with van der Waals surface area (Å²) in [5.41, 5.74) is 1.02. The first kappa shape index (κ1) is 14.9. The molecule has 0 aromatic heterocycles. The second-order valence-corrected chi connectivity index (χ2v) is 4.87. The van der Waals surface area contributed by atoms with E-state index in [0.717, 1.165) is 18.7 Å². The number of amides is 1. The minimum Gasteiger partial charge on any atom is -0.379 e. The number of carbonyl (C=O) groups is 1. The summed E-state index contributed by atoms with van der Waals surface area (Å²) < 4.78 is 18.4. The fourth-order valence-electron chi connectivity index (χ4n) is 2.37. The molecule has 1 aromatic rings. The van der Waals surface area contributed by atoms with Gasteiger partial charge in [0.1, 0.15) is 5.82 Å². The first-order valence-electron chi connectivity index (χ1n) is 7.04. The van der Waals surface area contributed by atoms with E-state index in [1.54, 1.807) is 12.1 Å². The fourth-order valence-corrected chi connectivity index (χ4v) is 2.37. The molecule has 0 spiro atoms. The van der Waals surface area contributed by atoms with Crippen LogP contribution in [0.25, 0.3) is 0 Å². The van der Waals surface area contributed by atoms with Gasteiger partial charge in [-0.3, -0.25) is 9.69 Å². The summed E-state index contributed by atoms with van der Waals surface area (Å²) in [4.78, 5) is 13.7. The van der Waals surface area contributed by atoms with Crippen LogP contribution in [0.2, 0.25) is 0 Å². The van der Waals surface area contributed by atoms with Crippen molar-refractivity contribution in [2.24, 2.45) is 0 Å². The van der Waals surface area contributed by atoms with Crippen LogP contribution < -0.4 is 5.32 Å². The Morgan fingerprint density at radius 1 is 1.35 bits per heavy atom. The minimum atomic E-state index is -0.243. The van der Waals surface area contributed by atoms with E-state index in [1.807, 2.05) is 6.92 Å². The molecule has 1 atom stereocenters. The van der Waals surface area contributed by atoms with Crippen molar-refractivity contribution in [3.63, 3.8) is 0 Å². The molecule has 0 unspecified atom stereocenters. The molecule has 0 bridgehead atoms. The number of carbonyl (C=O) groups excluding carboxylic acids is 1. The van der Waals surface area contributed by atoms with Crippen molar-refractivity contribution in [1.82, 2.24) is 10.2 Å². The van der Waals surface area contributed by atoms with Gasteiger partial charge >= 0.3 is 0 Å². The number of ether oxygens (including phenoxy) is 1. The highest BCUT2D eigenvalue weighted by Crippen LogP contribution is 2.21. The molecule has 0 saturated carbocycles. The highest BCUT2D eigenvalue weighted by Gasteiger charge is 2.22. The number of hydrogen-bond donors (Lipinski definition) is 1. The van der Waals surface area contributed by atoms with Crippen molar-refractivity contribution in [3.8, 4) is 0 Å². The second-order valence-electron chi connectivity index (χ2n) is 4.87. The Labute approximate surface area is 118 Å². The SMILES string of the molecule is CCC(=O)NC[C@@H](c1ccc(F)cc1)N1CCOCC1. The number of rotatable bonds is 5. The van der Waals surface area contributed by atoms with Gasteiger partial charge in [-0.15, -0.1) is 0 Å². The Morgan fingerprint density at radius 3 is 2.60 bits per heavy atom. The first-order valence-corrected chi connectivity index (χ1v) is 7.04. The molecule has 1 aliphatic rings. The Bertz CT molecular complexity index is 430. The molecule has 1 saturated heterocycles. The number of nitrogens with one attached hydrogen (secondary N) is 1. The Morgan fingerprint density at radius 2 is 2.00 bits per heavy atom. The summed E-state index contributed by atoms with van der Waals surface area (Å²) >= 11 is 0. The maximum Gasteiger partial charge on any atom is 0.219 e. The van der Waals surface area contributed by atoms with Gasteiger partial charge in [-0.05, 0) is 17.7 Å². The van der Waals surface area contributed by atoms with E-state index in [9.17, 15) is 9.18 Å². The third kappa shape index (κ3) is 4.02. The Hall–Kier alpha value is -1.46. The van der Waals surface area contributed by atoms with Gasteiger partial charge in [0, 0.05) is 26.1 Å². The van der Waals surface area contributed by atoms with Crippen LogP contribution >= 0.6 is 0 Å². The van der Waals surface area contributed by atoms with E-state index in [-0.39, 0.29) is 17.8 Å². The molecule has 1 amide bonds. The number of morpholine rings is 1. The molecule has 1 heterocycles. The van der Waals surface area contributed by atoms with Crippen molar-refractivity contribution in [1.29, 1.82) is 0 Å². The van der Waals surface area contributed by atoms with E-state index in [1.165, 1.54) is 12.1 Å². The summed E-state index contributed by atoms with van der Waals surface area (Å²) in [6, 6.07) is 6.56. The molecule has 0 radical (unpaired) electrons. The van der Waals surface area contributed by atoms with Gasteiger partial charge in [0.15, 0.2) is 0 Å². The highest BCUT2D eigenvalue weighted by atomic mass is 19.1. The van der Waals surface area contributed by atoms with Crippen LogP contribution in [0.5, 0.6) is 0 Å². The van der Waals surface area contributed by atoms with Gasteiger partial charge < -0.3 is 10.1 Å². The standard InChI is InChI=1S/C15H21FN2O2/c1-2-15(19)17-11-14(18-7-9-20-10-8-18)12-3-5-13(16)6-4-12/h3-6,14H,2,7-11H2,1H3,(H,17,19)/t14-/m0/s1. The van der Waals surface area contributed by atoms with Gasteiger partial charge in [0.25, 0.3) is 0 Å². The van der Waals surface area contributed by atoms with Crippen molar-refractivity contribution < 1.29 is 13.9 Å².